The van der Waals surface area contributed by atoms with Crippen molar-refractivity contribution in [3.8, 4) is 5.75 Å². The van der Waals surface area contributed by atoms with Gasteiger partial charge in [-0.25, -0.2) is 0 Å². The van der Waals surface area contributed by atoms with E-state index in [2.05, 4.69) is 20.9 Å². The van der Waals surface area contributed by atoms with Gasteiger partial charge in [0.15, 0.2) is 0 Å². The van der Waals surface area contributed by atoms with Crippen LogP contribution in [0.5, 0.6) is 5.75 Å². The average Bonchev–Trinajstić information content (AvgIpc) is 2.19. The monoisotopic (exact) mass is 271 g/mol. The van der Waals surface area contributed by atoms with E-state index in [1.807, 2.05) is 12.1 Å². The summed E-state index contributed by atoms with van der Waals surface area (Å²) in [4.78, 5) is 4.23. The van der Waals surface area contributed by atoms with Crippen molar-refractivity contribution in [1.82, 2.24) is 4.98 Å². The molecule has 0 saturated carbocycles. The Hall–Kier alpha value is -0.800. The summed E-state index contributed by atoms with van der Waals surface area (Å²) in [6.07, 6.45) is 1.68. The van der Waals surface area contributed by atoms with Crippen LogP contribution in [-0.2, 0) is 0 Å². The van der Waals surface area contributed by atoms with Crippen molar-refractivity contribution in [3.05, 3.63) is 33.9 Å². The van der Waals surface area contributed by atoms with Crippen molar-refractivity contribution in [2.75, 3.05) is 7.11 Å². The van der Waals surface area contributed by atoms with Crippen molar-refractivity contribution in [2.45, 2.75) is 0 Å². The predicted octanol–water partition coefficient (Wildman–Crippen LogP) is 3.66. The van der Waals surface area contributed by atoms with Crippen LogP contribution < -0.4 is 4.74 Å². The zero-order valence-electron chi connectivity index (χ0n) is 7.42. The van der Waals surface area contributed by atoms with Crippen LogP contribution in [0.4, 0.5) is 0 Å². The lowest BCUT2D eigenvalue weighted by Crippen LogP contribution is -1.86. The summed E-state index contributed by atoms with van der Waals surface area (Å²) < 4.78 is 6.03. The summed E-state index contributed by atoms with van der Waals surface area (Å²) in [5, 5.41) is 1.56. The van der Waals surface area contributed by atoms with Crippen LogP contribution in [0.15, 0.2) is 28.9 Å². The Labute approximate surface area is 95.0 Å². The molecule has 2 rings (SSSR count). The standard InChI is InChI=1S/C10H7BrClNO/c1-14-6-4-7-9(12)2-3-13-10(7)8(11)5-6/h2-5H,1H3. The quantitative estimate of drug-likeness (QED) is 0.790. The number of nitrogens with zero attached hydrogens (tertiary/aromatic N) is 1. The zero-order valence-corrected chi connectivity index (χ0v) is 9.76. The maximum atomic E-state index is 6.04. The zero-order chi connectivity index (χ0) is 10.1. The number of fused-ring (bicyclic) bond motifs is 1. The van der Waals surface area contributed by atoms with Crippen LogP contribution in [-0.4, -0.2) is 12.1 Å². The van der Waals surface area contributed by atoms with Gasteiger partial charge in [0.1, 0.15) is 5.75 Å². The second-order valence-corrected chi connectivity index (χ2v) is 4.06. The Balaban J connectivity index is 2.83. The maximum Gasteiger partial charge on any atom is 0.120 e. The summed E-state index contributed by atoms with van der Waals surface area (Å²) in [6, 6.07) is 5.50. The number of rotatable bonds is 1. The molecular weight excluding hydrogens is 265 g/mol. The molecule has 0 atom stereocenters. The van der Waals surface area contributed by atoms with E-state index in [1.54, 1.807) is 19.4 Å². The lowest BCUT2D eigenvalue weighted by atomic mass is 10.2. The van der Waals surface area contributed by atoms with E-state index in [0.29, 0.717) is 5.02 Å². The molecular formula is C10H7BrClNO. The summed E-state index contributed by atoms with van der Waals surface area (Å²) in [7, 11) is 1.62. The highest BCUT2D eigenvalue weighted by Gasteiger charge is 2.05. The molecule has 0 fully saturated rings. The molecule has 72 valence electrons. The minimum Gasteiger partial charge on any atom is -0.497 e. The molecule has 14 heavy (non-hydrogen) atoms. The highest BCUT2D eigenvalue weighted by Crippen LogP contribution is 2.31. The van der Waals surface area contributed by atoms with Crippen molar-refractivity contribution in [2.24, 2.45) is 0 Å². The second-order valence-electron chi connectivity index (χ2n) is 2.80. The van der Waals surface area contributed by atoms with Gasteiger partial charge in [0, 0.05) is 16.1 Å². The van der Waals surface area contributed by atoms with Crippen LogP contribution >= 0.6 is 27.5 Å². The van der Waals surface area contributed by atoms with E-state index < -0.39 is 0 Å². The first-order chi connectivity index (χ1) is 6.72. The maximum absolute atomic E-state index is 6.04. The molecule has 0 N–H and O–H groups in total. The number of aromatic nitrogens is 1. The van der Waals surface area contributed by atoms with Gasteiger partial charge in [-0.05, 0) is 34.1 Å². The van der Waals surface area contributed by atoms with Crippen molar-refractivity contribution in [1.29, 1.82) is 0 Å². The molecule has 0 aliphatic heterocycles. The molecule has 1 aromatic carbocycles. The van der Waals surface area contributed by atoms with Gasteiger partial charge in [0.25, 0.3) is 0 Å². The van der Waals surface area contributed by atoms with Crippen LogP contribution in [0, 0.1) is 0 Å². The Morgan fingerprint density at radius 2 is 2.21 bits per heavy atom. The number of halogens is 2. The number of hydrogen-bond donors (Lipinski definition) is 0. The second kappa shape index (κ2) is 3.75. The summed E-state index contributed by atoms with van der Waals surface area (Å²) in [6.45, 7) is 0. The fraction of sp³-hybridized carbons (Fsp3) is 0.100. The molecule has 1 heterocycles. The van der Waals surface area contributed by atoms with Gasteiger partial charge in [0.05, 0.1) is 17.6 Å². The number of benzene rings is 1. The normalized spacial score (nSPS) is 10.5. The first kappa shape index (κ1) is 9.74. The molecule has 0 unspecified atom stereocenters. The number of hydrogen-bond acceptors (Lipinski definition) is 2. The van der Waals surface area contributed by atoms with Crippen LogP contribution in [0.2, 0.25) is 5.02 Å². The summed E-state index contributed by atoms with van der Waals surface area (Å²) in [5.74, 6) is 0.763. The molecule has 4 heteroatoms. The first-order valence-electron chi connectivity index (χ1n) is 4.00. The van der Waals surface area contributed by atoms with E-state index in [0.717, 1.165) is 21.1 Å². The minimum absolute atomic E-state index is 0.676. The van der Waals surface area contributed by atoms with Crippen LogP contribution in [0.25, 0.3) is 10.9 Å². The SMILES string of the molecule is COc1cc(Br)c2nccc(Cl)c2c1. The lowest BCUT2D eigenvalue weighted by Gasteiger charge is -2.05. The van der Waals surface area contributed by atoms with Crippen molar-refractivity contribution < 1.29 is 4.74 Å². The topological polar surface area (TPSA) is 22.1 Å². The van der Waals surface area contributed by atoms with Gasteiger partial charge >= 0.3 is 0 Å². The fourth-order valence-electron chi connectivity index (χ4n) is 1.27. The molecule has 0 aliphatic rings. The molecule has 0 bridgehead atoms. The number of pyridine rings is 1. The third kappa shape index (κ3) is 1.57. The van der Waals surface area contributed by atoms with Crippen molar-refractivity contribution in [3.63, 3.8) is 0 Å². The first-order valence-corrected chi connectivity index (χ1v) is 5.17. The highest BCUT2D eigenvalue weighted by molar-refractivity contribution is 9.10. The van der Waals surface area contributed by atoms with Gasteiger partial charge in [-0.3, -0.25) is 4.98 Å². The molecule has 0 saturated heterocycles. The third-order valence-electron chi connectivity index (χ3n) is 1.95. The van der Waals surface area contributed by atoms with E-state index >= 15 is 0 Å². The number of ether oxygens (including phenoxy) is 1. The largest absolute Gasteiger partial charge is 0.497 e. The summed E-state index contributed by atoms with van der Waals surface area (Å²) >= 11 is 9.46. The van der Waals surface area contributed by atoms with Crippen LogP contribution in [0.3, 0.4) is 0 Å². The molecule has 0 amide bonds. The van der Waals surface area contributed by atoms with E-state index in [4.69, 9.17) is 16.3 Å². The molecule has 2 nitrogen and oxygen atoms in total. The molecule has 0 aliphatic carbocycles. The number of methoxy groups -OCH3 is 1. The smallest absolute Gasteiger partial charge is 0.120 e. The van der Waals surface area contributed by atoms with Gasteiger partial charge in [-0.15, -0.1) is 0 Å². The average molecular weight is 273 g/mol. The van der Waals surface area contributed by atoms with Gasteiger partial charge in [0.2, 0.25) is 0 Å². The van der Waals surface area contributed by atoms with Crippen molar-refractivity contribution >= 4 is 38.4 Å². The molecule has 0 spiro atoms. The lowest BCUT2D eigenvalue weighted by molar-refractivity contribution is 0.415. The third-order valence-corrected chi connectivity index (χ3v) is 2.89. The summed E-state index contributed by atoms with van der Waals surface area (Å²) in [5.41, 5.74) is 0.846. The van der Waals surface area contributed by atoms with E-state index in [1.165, 1.54) is 0 Å². The fourth-order valence-corrected chi connectivity index (χ4v) is 2.01. The molecule has 2 aromatic rings. The minimum atomic E-state index is 0.676. The van der Waals surface area contributed by atoms with E-state index in [9.17, 15) is 0 Å². The molecule has 0 radical (unpaired) electrons. The predicted molar refractivity (Wildman–Crippen MR) is 61.0 cm³/mol. The Morgan fingerprint density at radius 1 is 1.43 bits per heavy atom. The van der Waals surface area contributed by atoms with Gasteiger partial charge in [-0.2, -0.15) is 0 Å². The highest BCUT2D eigenvalue weighted by atomic mass is 79.9. The van der Waals surface area contributed by atoms with E-state index in [-0.39, 0.29) is 0 Å². The Kier molecular flexibility index (Phi) is 2.61. The molecule has 1 aromatic heterocycles. The van der Waals surface area contributed by atoms with Crippen LogP contribution in [0.1, 0.15) is 0 Å². The Morgan fingerprint density at radius 3 is 2.93 bits per heavy atom. The van der Waals surface area contributed by atoms with Gasteiger partial charge < -0.3 is 4.74 Å². The Bertz CT molecular complexity index is 487. The van der Waals surface area contributed by atoms with Gasteiger partial charge in [-0.1, -0.05) is 11.6 Å².